The third kappa shape index (κ3) is 3.31. The van der Waals surface area contributed by atoms with Gasteiger partial charge in [-0.2, -0.15) is 0 Å². The van der Waals surface area contributed by atoms with Gasteiger partial charge in [0.05, 0.1) is 7.11 Å². The molecule has 1 unspecified atom stereocenters. The number of hydrogen-bond donors (Lipinski definition) is 2. The van der Waals surface area contributed by atoms with Crippen LogP contribution in [0.1, 0.15) is 16.8 Å². The number of amides is 1. The lowest BCUT2D eigenvalue weighted by molar-refractivity contribution is -0.139. The Bertz CT molecular complexity index is 459. The minimum atomic E-state index is -1.12. The summed E-state index contributed by atoms with van der Waals surface area (Å²) in [6.07, 6.45) is 3.05. The molecule has 0 radical (unpaired) electrons. The molecule has 6 nitrogen and oxygen atoms in total. The summed E-state index contributed by atoms with van der Waals surface area (Å²) in [7, 11) is 1.39. The van der Waals surface area contributed by atoms with Gasteiger partial charge in [0.2, 0.25) is 5.88 Å². The summed E-state index contributed by atoms with van der Waals surface area (Å²) in [5.74, 6) is -1.52. The summed E-state index contributed by atoms with van der Waals surface area (Å²) >= 11 is 0. The number of methoxy groups -OCH3 is 1. The molecule has 96 valence electrons. The third-order valence-corrected chi connectivity index (χ3v) is 2.21. The first-order valence-electron chi connectivity index (χ1n) is 5.23. The first-order valence-corrected chi connectivity index (χ1v) is 5.23. The van der Waals surface area contributed by atoms with Gasteiger partial charge in [-0.15, -0.1) is 6.58 Å². The van der Waals surface area contributed by atoms with E-state index in [-0.39, 0.29) is 17.9 Å². The number of rotatable bonds is 6. The van der Waals surface area contributed by atoms with E-state index in [1.165, 1.54) is 25.4 Å². The summed E-state index contributed by atoms with van der Waals surface area (Å²) in [6.45, 7) is 3.44. The molecule has 1 aromatic heterocycles. The molecule has 0 saturated heterocycles. The Morgan fingerprint density at radius 2 is 2.39 bits per heavy atom. The second-order valence-electron chi connectivity index (χ2n) is 3.45. The Morgan fingerprint density at radius 1 is 1.67 bits per heavy atom. The number of aromatic nitrogens is 1. The van der Waals surface area contributed by atoms with Crippen LogP contribution in [0, 0.1) is 0 Å². The van der Waals surface area contributed by atoms with Crippen molar-refractivity contribution in [2.75, 3.05) is 7.11 Å². The molecule has 2 N–H and O–H groups in total. The minimum Gasteiger partial charge on any atom is -0.480 e. The molecule has 1 heterocycles. The maximum Gasteiger partial charge on any atom is 0.326 e. The number of carbonyl (C=O) groups is 2. The summed E-state index contributed by atoms with van der Waals surface area (Å²) < 4.78 is 4.93. The van der Waals surface area contributed by atoms with Crippen molar-refractivity contribution >= 4 is 11.9 Å². The van der Waals surface area contributed by atoms with Gasteiger partial charge in [0, 0.05) is 6.20 Å². The van der Waals surface area contributed by atoms with Crippen molar-refractivity contribution in [3.05, 3.63) is 36.5 Å². The molecule has 1 rings (SSSR count). The first-order chi connectivity index (χ1) is 8.60. The van der Waals surface area contributed by atoms with Gasteiger partial charge < -0.3 is 15.2 Å². The summed E-state index contributed by atoms with van der Waals surface area (Å²) in [5.41, 5.74) is 0.190. The van der Waals surface area contributed by atoms with E-state index < -0.39 is 17.9 Å². The number of pyridine rings is 1. The van der Waals surface area contributed by atoms with Crippen LogP contribution in [0.4, 0.5) is 0 Å². The fraction of sp³-hybridized carbons (Fsp3) is 0.250. The summed E-state index contributed by atoms with van der Waals surface area (Å²) in [6, 6.07) is 2.06. The van der Waals surface area contributed by atoms with Crippen LogP contribution >= 0.6 is 0 Å². The van der Waals surface area contributed by atoms with Crippen LogP contribution < -0.4 is 10.1 Å². The largest absolute Gasteiger partial charge is 0.480 e. The lowest BCUT2D eigenvalue weighted by atomic mass is 10.2. The van der Waals surface area contributed by atoms with Gasteiger partial charge in [-0.05, 0) is 18.6 Å². The molecule has 0 aliphatic carbocycles. The van der Waals surface area contributed by atoms with Crippen LogP contribution in [0.15, 0.2) is 31.0 Å². The van der Waals surface area contributed by atoms with Gasteiger partial charge in [0.25, 0.3) is 5.91 Å². The molecule has 1 atom stereocenters. The molecule has 1 amide bonds. The zero-order chi connectivity index (χ0) is 13.5. The number of hydrogen-bond acceptors (Lipinski definition) is 4. The van der Waals surface area contributed by atoms with E-state index in [2.05, 4.69) is 16.9 Å². The molecule has 0 fully saturated rings. The minimum absolute atomic E-state index is 0.143. The highest BCUT2D eigenvalue weighted by atomic mass is 16.5. The van der Waals surface area contributed by atoms with E-state index in [1.54, 1.807) is 6.07 Å². The quantitative estimate of drug-likeness (QED) is 0.731. The van der Waals surface area contributed by atoms with Crippen LogP contribution in [-0.2, 0) is 4.79 Å². The standard InChI is InChI=1S/C12H14N2O4/c1-3-5-9(12(16)17)14-10(15)8-6-4-7-13-11(8)18-2/h3-4,6-7,9H,1,5H2,2H3,(H,14,15)(H,16,17). The van der Waals surface area contributed by atoms with Crippen LogP contribution in [0.2, 0.25) is 0 Å². The van der Waals surface area contributed by atoms with Gasteiger partial charge in [-0.1, -0.05) is 6.08 Å². The molecule has 0 saturated carbocycles. The lowest BCUT2D eigenvalue weighted by Crippen LogP contribution is -2.40. The van der Waals surface area contributed by atoms with Gasteiger partial charge in [0.1, 0.15) is 11.6 Å². The molecule has 6 heteroatoms. The van der Waals surface area contributed by atoms with E-state index in [1.807, 2.05) is 0 Å². The molecular weight excluding hydrogens is 236 g/mol. The van der Waals surface area contributed by atoms with Crippen molar-refractivity contribution in [1.29, 1.82) is 0 Å². The fourth-order valence-corrected chi connectivity index (χ4v) is 1.35. The maximum atomic E-state index is 11.9. The van der Waals surface area contributed by atoms with E-state index in [0.717, 1.165) is 0 Å². The van der Waals surface area contributed by atoms with Crippen molar-refractivity contribution < 1.29 is 19.4 Å². The van der Waals surface area contributed by atoms with E-state index in [0.29, 0.717) is 0 Å². The Balaban J connectivity index is 2.86. The predicted octanol–water partition coefficient (Wildman–Crippen LogP) is 0.849. The molecule has 0 spiro atoms. The molecule has 0 aliphatic rings. The van der Waals surface area contributed by atoms with Crippen molar-refractivity contribution in [2.45, 2.75) is 12.5 Å². The first kappa shape index (κ1) is 13.7. The van der Waals surface area contributed by atoms with Crippen LogP contribution in [0.25, 0.3) is 0 Å². The van der Waals surface area contributed by atoms with Gasteiger partial charge in [0.15, 0.2) is 0 Å². The summed E-state index contributed by atoms with van der Waals surface area (Å²) in [4.78, 5) is 26.7. The number of aliphatic carboxylic acids is 1. The second kappa shape index (κ2) is 6.39. The SMILES string of the molecule is C=CCC(NC(=O)c1cccnc1OC)C(=O)O. The zero-order valence-electron chi connectivity index (χ0n) is 9.92. The Labute approximate surface area is 104 Å². The molecule has 0 aliphatic heterocycles. The molecule has 1 aromatic rings. The number of carbonyl (C=O) groups excluding carboxylic acids is 1. The van der Waals surface area contributed by atoms with Crippen molar-refractivity contribution in [3.63, 3.8) is 0 Å². The molecular formula is C12H14N2O4. The zero-order valence-corrected chi connectivity index (χ0v) is 9.92. The number of ether oxygens (including phenoxy) is 1. The molecule has 0 bridgehead atoms. The average Bonchev–Trinajstić information content (AvgIpc) is 2.37. The van der Waals surface area contributed by atoms with Crippen LogP contribution in [0.5, 0.6) is 5.88 Å². The Kier molecular flexibility index (Phi) is 4.86. The van der Waals surface area contributed by atoms with Crippen LogP contribution in [-0.4, -0.2) is 35.1 Å². The van der Waals surface area contributed by atoms with E-state index >= 15 is 0 Å². The highest BCUT2D eigenvalue weighted by Gasteiger charge is 2.21. The van der Waals surface area contributed by atoms with E-state index in [4.69, 9.17) is 9.84 Å². The van der Waals surface area contributed by atoms with Gasteiger partial charge >= 0.3 is 5.97 Å². The highest BCUT2D eigenvalue weighted by molar-refractivity contribution is 5.98. The fourth-order valence-electron chi connectivity index (χ4n) is 1.35. The maximum absolute atomic E-state index is 11.9. The van der Waals surface area contributed by atoms with Crippen molar-refractivity contribution in [1.82, 2.24) is 10.3 Å². The number of nitrogens with one attached hydrogen (secondary N) is 1. The molecule has 18 heavy (non-hydrogen) atoms. The molecule has 0 aromatic carbocycles. The smallest absolute Gasteiger partial charge is 0.326 e. The van der Waals surface area contributed by atoms with Gasteiger partial charge in [-0.3, -0.25) is 4.79 Å². The average molecular weight is 250 g/mol. The number of nitrogens with zero attached hydrogens (tertiary/aromatic N) is 1. The summed E-state index contributed by atoms with van der Waals surface area (Å²) in [5, 5.41) is 11.3. The highest BCUT2D eigenvalue weighted by Crippen LogP contribution is 2.13. The van der Waals surface area contributed by atoms with E-state index in [9.17, 15) is 9.59 Å². The normalized spacial score (nSPS) is 11.4. The lowest BCUT2D eigenvalue weighted by Gasteiger charge is -2.13. The van der Waals surface area contributed by atoms with Gasteiger partial charge in [-0.25, -0.2) is 9.78 Å². The topological polar surface area (TPSA) is 88.5 Å². The Morgan fingerprint density at radius 3 is 2.94 bits per heavy atom. The second-order valence-corrected chi connectivity index (χ2v) is 3.45. The monoisotopic (exact) mass is 250 g/mol. The predicted molar refractivity (Wildman–Crippen MR) is 64.5 cm³/mol. The number of carboxylic acids is 1. The van der Waals surface area contributed by atoms with Crippen LogP contribution in [0.3, 0.4) is 0 Å². The van der Waals surface area contributed by atoms with Crippen molar-refractivity contribution in [3.8, 4) is 5.88 Å². The number of carboxylic acid groups (broad SMARTS) is 1. The Hall–Kier alpha value is -2.37. The third-order valence-electron chi connectivity index (χ3n) is 2.21. The van der Waals surface area contributed by atoms with Crippen molar-refractivity contribution in [2.24, 2.45) is 0 Å².